The molecule has 0 N–H and O–H groups in total. The molecule has 0 saturated carbocycles. The molecule has 22 heavy (non-hydrogen) atoms. The van der Waals surface area contributed by atoms with Crippen LogP contribution in [0.4, 0.5) is 5.95 Å². The van der Waals surface area contributed by atoms with E-state index in [2.05, 4.69) is 9.97 Å². The van der Waals surface area contributed by atoms with Crippen molar-refractivity contribution >= 4 is 11.9 Å². The molecular weight excluding hydrogens is 286 g/mol. The van der Waals surface area contributed by atoms with E-state index < -0.39 is 6.10 Å². The topological polar surface area (TPSA) is 91.6 Å². The fourth-order valence-electron chi connectivity index (χ4n) is 2.53. The maximum absolute atomic E-state index is 12.5. The van der Waals surface area contributed by atoms with Crippen LogP contribution in [0.5, 0.6) is 0 Å². The number of carbonyl (C=O) groups excluding carboxylic acids is 1. The molecule has 1 amide bonds. The summed E-state index contributed by atoms with van der Waals surface area (Å²) < 4.78 is 10.9. The van der Waals surface area contributed by atoms with Gasteiger partial charge in [-0.1, -0.05) is 0 Å². The number of aromatic nitrogens is 2. The third-order valence-corrected chi connectivity index (χ3v) is 3.70. The van der Waals surface area contributed by atoms with E-state index in [9.17, 15) is 4.79 Å². The van der Waals surface area contributed by atoms with Crippen LogP contribution >= 0.6 is 0 Å². The van der Waals surface area contributed by atoms with Gasteiger partial charge in [0.05, 0.1) is 26.4 Å². The third-order valence-electron chi connectivity index (χ3n) is 3.70. The SMILES string of the molecule is N#Cc1ccnc(N2CCOC(C(=O)N3CCOCC3)C2)n1. The summed E-state index contributed by atoms with van der Waals surface area (Å²) in [5.74, 6) is 0.437. The van der Waals surface area contributed by atoms with E-state index in [1.807, 2.05) is 11.0 Å². The zero-order valence-corrected chi connectivity index (χ0v) is 12.1. The number of nitrogens with zero attached hydrogens (tertiary/aromatic N) is 5. The molecule has 0 aliphatic carbocycles. The van der Waals surface area contributed by atoms with E-state index >= 15 is 0 Å². The molecule has 8 nitrogen and oxygen atoms in total. The number of rotatable bonds is 2. The summed E-state index contributed by atoms with van der Waals surface area (Å²) in [6.07, 6.45) is 1.02. The summed E-state index contributed by atoms with van der Waals surface area (Å²) in [6.45, 7) is 3.75. The van der Waals surface area contributed by atoms with Crippen molar-refractivity contribution in [2.24, 2.45) is 0 Å². The first kappa shape index (κ1) is 14.7. The normalized spacial score (nSPS) is 22.2. The van der Waals surface area contributed by atoms with Crippen LogP contribution in [0.3, 0.4) is 0 Å². The lowest BCUT2D eigenvalue weighted by Crippen LogP contribution is -2.53. The van der Waals surface area contributed by atoms with Gasteiger partial charge in [0.2, 0.25) is 5.95 Å². The van der Waals surface area contributed by atoms with Gasteiger partial charge in [-0.05, 0) is 6.07 Å². The quantitative estimate of drug-likeness (QED) is 0.721. The molecule has 1 aromatic heterocycles. The number of anilines is 1. The van der Waals surface area contributed by atoms with Gasteiger partial charge in [-0.15, -0.1) is 0 Å². The van der Waals surface area contributed by atoms with Gasteiger partial charge in [-0.3, -0.25) is 4.79 Å². The highest BCUT2D eigenvalue weighted by Gasteiger charge is 2.31. The molecule has 1 unspecified atom stereocenters. The fraction of sp³-hybridized carbons (Fsp3) is 0.571. The Labute approximate surface area is 128 Å². The van der Waals surface area contributed by atoms with Crippen LogP contribution in [0.25, 0.3) is 0 Å². The minimum absolute atomic E-state index is 0.0237. The molecule has 116 valence electrons. The number of ether oxygens (including phenoxy) is 2. The summed E-state index contributed by atoms with van der Waals surface area (Å²) in [7, 11) is 0. The second kappa shape index (κ2) is 6.68. The van der Waals surface area contributed by atoms with Gasteiger partial charge in [-0.2, -0.15) is 5.26 Å². The number of amides is 1. The molecule has 2 fully saturated rings. The van der Waals surface area contributed by atoms with Crippen LogP contribution in [0, 0.1) is 11.3 Å². The van der Waals surface area contributed by atoms with E-state index in [4.69, 9.17) is 14.7 Å². The molecule has 3 heterocycles. The van der Waals surface area contributed by atoms with Crippen molar-refractivity contribution < 1.29 is 14.3 Å². The Bertz CT molecular complexity index is 582. The van der Waals surface area contributed by atoms with Gasteiger partial charge in [0, 0.05) is 25.8 Å². The van der Waals surface area contributed by atoms with Gasteiger partial charge in [0.25, 0.3) is 5.91 Å². The van der Waals surface area contributed by atoms with E-state index in [0.29, 0.717) is 57.6 Å². The van der Waals surface area contributed by atoms with Gasteiger partial charge >= 0.3 is 0 Å². The Morgan fingerprint density at radius 1 is 1.32 bits per heavy atom. The molecule has 0 radical (unpaired) electrons. The van der Waals surface area contributed by atoms with Crippen molar-refractivity contribution in [1.82, 2.24) is 14.9 Å². The fourth-order valence-corrected chi connectivity index (χ4v) is 2.53. The van der Waals surface area contributed by atoms with E-state index in [1.165, 1.54) is 0 Å². The van der Waals surface area contributed by atoms with Crippen molar-refractivity contribution in [3.63, 3.8) is 0 Å². The number of nitriles is 1. The lowest BCUT2D eigenvalue weighted by molar-refractivity contribution is -0.148. The maximum atomic E-state index is 12.5. The molecule has 2 saturated heterocycles. The van der Waals surface area contributed by atoms with Crippen molar-refractivity contribution in [2.75, 3.05) is 50.9 Å². The predicted octanol–water partition coefficient (Wildman–Crippen LogP) is -0.588. The van der Waals surface area contributed by atoms with Crippen LogP contribution in [0.1, 0.15) is 5.69 Å². The van der Waals surface area contributed by atoms with Gasteiger partial charge in [-0.25, -0.2) is 9.97 Å². The minimum Gasteiger partial charge on any atom is -0.378 e. The summed E-state index contributed by atoms with van der Waals surface area (Å²) in [6, 6.07) is 3.55. The largest absolute Gasteiger partial charge is 0.378 e. The lowest BCUT2D eigenvalue weighted by Gasteiger charge is -2.36. The Balaban J connectivity index is 1.68. The van der Waals surface area contributed by atoms with Crippen LogP contribution in [0.2, 0.25) is 0 Å². The number of hydrogen-bond donors (Lipinski definition) is 0. The van der Waals surface area contributed by atoms with E-state index in [-0.39, 0.29) is 5.91 Å². The minimum atomic E-state index is -0.527. The average Bonchev–Trinajstić information content (AvgIpc) is 2.62. The molecule has 3 rings (SSSR count). The molecule has 1 atom stereocenters. The molecule has 8 heteroatoms. The van der Waals surface area contributed by atoms with Crippen LogP contribution in [-0.2, 0) is 14.3 Å². The highest BCUT2D eigenvalue weighted by Crippen LogP contribution is 2.15. The highest BCUT2D eigenvalue weighted by molar-refractivity contribution is 5.82. The first-order valence-electron chi connectivity index (χ1n) is 7.24. The van der Waals surface area contributed by atoms with E-state index in [1.54, 1.807) is 17.2 Å². The average molecular weight is 303 g/mol. The number of hydrogen-bond acceptors (Lipinski definition) is 7. The second-order valence-electron chi connectivity index (χ2n) is 5.10. The Kier molecular flexibility index (Phi) is 4.46. The Hall–Kier alpha value is -2.24. The first-order chi connectivity index (χ1) is 10.8. The smallest absolute Gasteiger partial charge is 0.253 e. The second-order valence-corrected chi connectivity index (χ2v) is 5.10. The van der Waals surface area contributed by atoms with Crippen LogP contribution in [0.15, 0.2) is 12.3 Å². The number of morpholine rings is 2. The van der Waals surface area contributed by atoms with Crippen molar-refractivity contribution in [3.8, 4) is 6.07 Å². The van der Waals surface area contributed by atoms with Crippen LogP contribution < -0.4 is 4.90 Å². The van der Waals surface area contributed by atoms with Gasteiger partial charge in [0.1, 0.15) is 11.8 Å². The molecule has 0 aromatic carbocycles. The zero-order valence-electron chi connectivity index (χ0n) is 12.1. The lowest BCUT2D eigenvalue weighted by atomic mass is 10.2. The third kappa shape index (κ3) is 3.16. The molecule has 0 bridgehead atoms. The van der Waals surface area contributed by atoms with Crippen molar-refractivity contribution in [2.45, 2.75) is 6.10 Å². The molecule has 2 aliphatic rings. The summed E-state index contributed by atoms with van der Waals surface area (Å²) in [5, 5.41) is 8.91. The zero-order chi connectivity index (χ0) is 15.4. The first-order valence-corrected chi connectivity index (χ1v) is 7.24. The molecule has 2 aliphatic heterocycles. The predicted molar refractivity (Wildman–Crippen MR) is 76.1 cm³/mol. The Morgan fingerprint density at radius 3 is 2.91 bits per heavy atom. The van der Waals surface area contributed by atoms with E-state index in [0.717, 1.165) is 0 Å². The summed E-state index contributed by atoms with van der Waals surface area (Å²) in [4.78, 5) is 24.5. The van der Waals surface area contributed by atoms with Crippen molar-refractivity contribution in [3.05, 3.63) is 18.0 Å². The summed E-state index contributed by atoms with van der Waals surface area (Å²) in [5.41, 5.74) is 0.313. The van der Waals surface area contributed by atoms with Gasteiger partial charge < -0.3 is 19.3 Å². The Morgan fingerprint density at radius 2 is 2.14 bits per heavy atom. The van der Waals surface area contributed by atoms with Crippen LogP contribution in [-0.4, -0.2) is 72.9 Å². The molecule has 0 spiro atoms. The highest BCUT2D eigenvalue weighted by atomic mass is 16.5. The monoisotopic (exact) mass is 303 g/mol. The molecular formula is C14H17N5O3. The van der Waals surface area contributed by atoms with Gasteiger partial charge in [0.15, 0.2) is 6.10 Å². The molecule has 1 aromatic rings. The maximum Gasteiger partial charge on any atom is 0.253 e. The van der Waals surface area contributed by atoms with Crippen molar-refractivity contribution in [1.29, 1.82) is 5.26 Å². The standard InChI is InChI=1S/C14H17N5O3/c15-9-11-1-2-16-14(17-11)19-5-8-22-12(10-19)13(20)18-3-6-21-7-4-18/h1-2,12H,3-8,10H2. The number of carbonyl (C=O) groups is 1. The summed E-state index contributed by atoms with van der Waals surface area (Å²) >= 11 is 0.